The fourth-order valence-corrected chi connectivity index (χ4v) is 6.79. The molecular weight excluding hydrogens is 501 g/mol. The summed E-state index contributed by atoms with van der Waals surface area (Å²) >= 11 is 1.85. The number of fused-ring (bicyclic) bond motifs is 1. The van der Waals surface area contributed by atoms with E-state index in [2.05, 4.69) is 21.3 Å². The van der Waals surface area contributed by atoms with Gasteiger partial charge in [0.05, 0.1) is 18.2 Å². The van der Waals surface area contributed by atoms with E-state index in [1.54, 1.807) is 12.3 Å². The molecule has 3 aliphatic rings. The van der Waals surface area contributed by atoms with Crippen molar-refractivity contribution in [3.63, 3.8) is 0 Å². The fraction of sp³-hybridized carbons (Fsp3) is 0.556. The maximum Gasteiger partial charge on any atom is 0.416 e. The molecular formula is C27H33F3N4O2S. The number of carbonyl (C=O) groups is 1. The number of pyridine rings is 1. The zero-order chi connectivity index (χ0) is 25.8. The highest BCUT2D eigenvalue weighted by Gasteiger charge is 2.38. The Morgan fingerprint density at radius 1 is 1.16 bits per heavy atom. The Bertz CT molecular complexity index is 1070. The van der Waals surface area contributed by atoms with Gasteiger partial charge in [0.25, 0.3) is 0 Å². The number of amides is 1. The van der Waals surface area contributed by atoms with Crippen LogP contribution in [0.2, 0.25) is 0 Å². The molecule has 1 unspecified atom stereocenters. The van der Waals surface area contributed by atoms with Gasteiger partial charge < -0.3 is 10.1 Å². The quantitative estimate of drug-likeness (QED) is 0.584. The zero-order valence-corrected chi connectivity index (χ0v) is 21.6. The predicted molar refractivity (Wildman–Crippen MR) is 137 cm³/mol. The highest BCUT2D eigenvalue weighted by atomic mass is 32.2. The van der Waals surface area contributed by atoms with Crippen LogP contribution >= 0.6 is 11.8 Å². The molecule has 1 aromatic carbocycles. The highest BCUT2D eigenvalue weighted by molar-refractivity contribution is 7.99. The summed E-state index contributed by atoms with van der Waals surface area (Å²) in [7, 11) is 0. The van der Waals surface area contributed by atoms with E-state index < -0.39 is 11.7 Å². The summed E-state index contributed by atoms with van der Waals surface area (Å²) in [4.78, 5) is 21.8. The van der Waals surface area contributed by atoms with Gasteiger partial charge in [-0.3, -0.25) is 19.6 Å². The number of hydrogen-bond donors (Lipinski definition) is 1. The van der Waals surface area contributed by atoms with Gasteiger partial charge in [0.2, 0.25) is 5.91 Å². The van der Waals surface area contributed by atoms with Gasteiger partial charge in [-0.15, -0.1) is 0 Å². The molecule has 1 N–H and O–H groups in total. The van der Waals surface area contributed by atoms with Gasteiger partial charge in [0, 0.05) is 68.8 Å². The summed E-state index contributed by atoms with van der Waals surface area (Å²) in [6.07, 6.45) is 1.94. The molecule has 1 amide bonds. The monoisotopic (exact) mass is 534 g/mol. The predicted octanol–water partition coefficient (Wildman–Crippen LogP) is 3.74. The van der Waals surface area contributed by atoms with Crippen LogP contribution in [0.4, 0.5) is 13.2 Å². The highest BCUT2D eigenvalue weighted by Crippen LogP contribution is 2.32. The molecule has 4 heterocycles. The summed E-state index contributed by atoms with van der Waals surface area (Å²) in [6.45, 7) is 4.46. The second kappa shape index (κ2) is 11.7. The Kier molecular flexibility index (Phi) is 8.38. The number of ether oxygens (including phenoxy) is 1. The number of likely N-dealkylation sites (tertiary alicyclic amines) is 1. The molecule has 5 rings (SSSR count). The zero-order valence-electron chi connectivity index (χ0n) is 20.8. The van der Waals surface area contributed by atoms with Crippen LogP contribution in [0.3, 0.4) is 0 Å². The van der Waals surface area contributed by atoms with E-state index in [1.807, 2.05) is 28.9 Å². The molecule has 10 heteroatoms. The van der Waals surface area contributed by atoms with Crippen molar-refractivity contribution in [2.75, 3.05) is 39.4 Å². The number of alkyl halides is 3. The Morgan fingerprint density at radius 2 is 2.00 bits per heavy atom. The molecule has 0 spiro atoms. The van der Waals surface area contributed by atoms with Crippen LogP contribution in [-0.2, 0) is 34.4 Å². The Labute approximate surface area is 219 Å². The lowest BCUT2D eigenvalue weighted by Gasteiger charge is -2.31. The fourth-order valence-electron chi connectivity index (χ4n) is 5.53. The van der Waals surface area contributed by atoms with E-state index in [-0.39, 0.29) is 23.7 Å². The molecule has 2 atom stereocenters. The third-order valence-corrected chi connectivity index (χ3v) is 8.93. The number of benzene rings is 1. The van der Waals surface area contributed by atoms with Crippen LogP contribution < -0.4 is 5.32 Å². The first-order valence-electron chi connectivity index (χ1n) is 12.9. The van der Waals surface area contributed by atoms with Crippen LogP contribution in [0.15, 0.2) is 42.7 Å². The first-order valence-corrected chi connectivity index (χ1v) is 13.9. The maximum atomic E-state index is 13.2. The van der Waals surface area contributed by atoms with E-state index >= 15 is 0 Å². The normalized spacial score (nSPS) is 23.6. The van der Waals surface area contributed by atoms with Crippen LogP contribution in [0.1, 0.15) is 35.1 Å². The molecule has 2 saturated heterocycles. The second-order valence-corrected chi connectivity index (χ2v) is 11.4. The lowest BCUT2D eigenvalue weighted by Crippen LogP contribution is -2.47. The third-order valence-electron chi connectivity index (χ3n) is 7.53. The van der Waals surface area contributed by atoms with Gasteiger partial charge in [-0.2, -0.15) is 24.9 Å². The number of hydrogen-bond acceptors (Lipinski definition) is 6. The van der Waals surface area contributed by atoms with Crippen molar-refractivity contribution >= 4 is 17.7 Å². The number of aromatic nitrogens is 1. The van der Waals surface area contributed by atoms with E-state index in [1.165, 1.54) is 6.07 Å². The summed E-state index contributed by atoms with van der Waals surface area (Å²) < 4.78 is 45.1. The van der Waals surface area contributed by atoms with Gasteiger partial charge in [0.15, 0.2) is 0 Å². The summed E-state index contributed by atoms with van der Waals surface area (Å²) in [5, 5.41) is 3.52. The standard InChI is InChI=1S/C27H33F3N4O2S/c28-27(29,30)22-4-3-20-5-9-33(14-21(20)12-22)17-26(35)32-24-15-34(23-6-10-36-11-7-23)16-25(24)37-18-19-2-1-8-31-13-19/h1-4,8,12-13,23-25H,5-7,9-11,14-18H2,(H,32,35)/t24?,25-/m0/s1. The number of nitrogens with one attached hydrogen (secondary N) is 1. The SMILES string of the molecule is O=C(CN1CCc2ccc(C(F)(F)F)cc2C1)NC1CN(C2CCOCC2)C[C@@H]1SCc1cccnc1. The lowest BCUT2D eigenvalue weighted by molar-refractivity contribution is -0.137. The third kappa shape index (κ3) is 6.85. The minimum absolute atomic E-state index is 0.0194. The van der Waals surface area contributed by atoms with Crippen molar-refractivity contribution in [2.24, 2.45) is 0 Å². The average Bonchev–Trinajstić information content (AvgIpc) is 3.30. The molecule has 1 aromatic heterocycles. The summed E-state index contributed by atoms with van der Waals surface area (Å²) in [5.41, 5.74) is 2.11. The molecule has 0 aliphatic carbocycles. The first-order chi connectivity index (χ1) is 17.8. The number of carbonyl (C=O) groups excluding carboxylic acids is 1. The van der Waals surface area contributed by atoms with Crippen molar-refractivity contribution in [1.82, 2.24) is 20.1 Å². The summed E-state index contributed by atoms with van der Waals surface area (Å²) in [6, 6.07) is 8.44. The van der Waals surface area contributed by atoms with Crippen LogP contribution in [0.5, 0.6) is 0 Å². The van der Waals surface area contributed by atoms with Crippen molar-refractivity contribution in [3.8, 4) is 0 Å². The Balaban J connectivity index is 1.20. The molecule has 200 valence electrons. The number of halogens is 3. The van der Waals surface area contributed by atoms with Crippen LogP contribution in [0, 0.1) is 0 Å². The van der Waals surface area contributed by atoms with E-state index in [0.29, 0.717) is 31.1 Å². The minimum Gasteiger partial charge on any atom is -0.381 e. The van der Waals surface area contributed by atoms with Gasteiger partial charge in [-0.25, -0.2) is 0 Å². The van der Waals surface area contributed by atoms with Crippen LogP contribution in [-0.4, -0.2) is 77.4 Å². The minimum atomic E-state index is -4.37. The molecule has 0 bridgehead atoms. The molecule has 2 fully saturated rings. The molecule has 6 nitrogen and oxygen atoms in total. The molecule has 3 aliphatic heterocycles. The number of thioether (sulfide) groups is 1. The van der Waals surface area contributed by atoms with E-state index in [0.717, 1.165) is 62.1 Å². The van der Waals surface area contributed by atoms with Gasteiger partial charge in [-0.05, 0) is 54.2 Å². The topological polar surface area (TPSA) is 57.7 Å². The molecule has 37 heavy (non-hydrogen) atoms. The van der Waals surface area contributed by atoms with Crippen molar-refractivity contribution in [1.29, 1.82) is 0 Å². The molecule has 0 saturated carbocycles. The van der Waals surface area contributed by atoms with Crippen LogP contribution in [0.25, 0.3) is 0 Å². The maximum absolute atomic E-state index is 13.2. The smallest absolute Gasteiger partial charge is 0.381 e. The summed E-state index contributed by atoms with van der Waals surface area (Å²) in [5.74, 6) is 0.762. The van der Waals surface area contributed by atoms with E-state index in [4.69, 9.17) is 4.74 Å². The first kappa shape index (κ1) is 26.5. The Morgan fingerprint density at radius 3 is 2.76 bits per heavy atom. The van der Waals surface area contributed by atoms with E-state index in [9.17, 15) is 18.0 Å². The molecule has 0 radical (unpaired) electrons. The molecule has 2 aromatic rings. The number of rotatable bonds is 7. The largest absolute Gasteiger partial charge is 0.416 e. The Hall–Kier alpha value is -2.14. The van der Waals surface area contributed by atoms with Crippen molar-refractivity contribution < 1.29 is 22.7 Å². The van der Waals surface area contributed by atoms with Gasteiger partial charge in [-0.1, -0.05) is 12.1 Å². The second-order valence-electron chi connectivity index (χ2n) is 10.1. The average molecular weight is 535 g/mol. The van der Waals surface area contributed by atoms with Crippen molar-refractivity contribution in [2.45, 2.75) is 55.1 Å². The lowest BCUT2D eigenvalue weighted by atomic mass is 9.97. The van der Waals surface area contributed by atoms with Gasteiger partial charge in [0.1, 0.15) is 0 Å². The number of nitrogens with zero attached hydrogens (tertiary/aromatic N) is 3. The van der Waals surface area contributed by atoms with Gasteiger partial charge >= 0.3 is 6.18 Å². The van der Waals surface area contributed by atoms with Crippen molar-refractivity contribution in [3.05, 3.63) is 65.0 Å².